The minimum atomic E-state index is 0. The van der Waals surface area contributed by atoms with Crippen molar-refractivity contribution in [2.24, 2.45) is 0 Å². The molecule has 9 aromatic rings. The first-order valence-corrected chi connectivity index (χ1v) is 14.9. The van der Waals surface area contributed by atoms with Crippen LogP contribution >= 0.6 is 0 Å². The molecule has 0 amide bonds. The molecule has 0 unspecified atom stereocenters. The molecule has 0 bridgehead atoms. The summed E-state index contributed by atoms with van der Waals surface area (Å²) in [4.78, 5) is 4.74. The Labute approximate surface area is 279 Å². The van der Waals surface area contributed by atoms with Gasteiger partial charge in [0.05, 0.1) is 5.65 Å². The van der Waals surface area contributed by atoms with Crippen molar-refractivity contribution in [3.05, 3.63) is 139 Å². The molecule has 0 aliphatic carbocycles. The van der Waals surface area contributed by atoms with Gasteiger partial charge in [0.15, 0.2) is 0 Å². The van der Waals surface area contributed by atoms with Crippen molar-refractivity contribution in [3.63, 3.8) is 0 Å². The number of aryl methyl sites for hydroxylation is 2. The summed E-state index contributed by atoms with van der Waals surface area (Å²) in [6, 6.07) is 42.5. The van der Waals surface area contributed by atoms with Crippen LogP contribution in [0.5, 0.6) is 11.5 Å². The predicted octanol–water partition coefficient (Wildman–Crippen LogP) is 9.20. The third kappa shape index (κ3) is 4.32. The number of pyridine rings is 2. The number of hydrogen-bond donors (Lipinski definition) is 0. The van der Waals surface area contributed by atoms with Crippen molar-refractivity contribution in [1.29, 1.82) is 0 Å². The smallest absolute Gasteiger partial charge is 0.503 e. The maximum absolute atomic E-state index is 6.44. The van der Waals surface area contributed by atoms with Crippen LogP contribution in [0.25, 0.3) is 66.1 Å². The second kappa shape index (κ2) is 10.9. The van der Waals surface area contributed by atoms with E-state index in [1.54, 1.807) is 6.33 Å². The van der Waals surface area contributed by atoms with E-state index in [0.29, 0.717) is 11.5 Å². The van der Waals surface area contributed by atoms with Gasteiger partial charge in [-0.15, -0.1) is 34.8 Å². The molecule has 4 heterocycles. The molecule has 4 aromatic heterocycles. The predicted molar refractivity (Wildman–Crippen MR) is 179 cm³/mol. The van der Waals surface area contributed by atoms with Gasteiger partial charge in [-0.1, -0.05) is 77.0 Å². The molecule has 0 aliphatic heterocycles. The summed E-state index contributed by atoms with van der Waals surface area (Å²) < 4.78 is 10.6. The van der Waals surface area contributed by atoms with Gasteiger partial charge in [-0.25, -0.2) is 4.98 Å². The van der Waals surface area contributed by atoms with E-state index >= 15 is 0 Å². The van der Waals surface area contributed by atoms with E-state index in [9.17, 15) is 0 Å². The molecule has 222 valence electrons. The standard InChI is InChI=1S/C39H25N5O.Pt/c1-24-8-7-9-25(2)38(24)26-13-16-31-32-18-15-28(22-36(32)44(35(31)20-26)37-12-5-6-19-40-37)45-27-14-17-29-30-10-3-4-11-34(30)43-23-41-42-39(43)33(29)21-27;/h3-20,23H,1-2H3;/q-2;+2. The molecular formula is C39H25N5OPt. The van der Waals surface area contributed by atoms with Gasteiger partial charge in [-0.2, -0.15) is 11.2 Å². The SMILES string of the molecule is Cc1cccc(C)c1-c1ccc2c3ccc(Oc4[c-]c5c(cc4)c4ccccc4n4cnnc54)[c-]c3n(-c3ccccn3)c2c1.[Pt+2]. The van der Waals surface area contributed by atoms with Crippen LogP contribution in [-0.4, -0.2) is 24.1 Å². The van der Waals surface area contributed by atoms with Gasteiger partial charge in [-0.05, 0) is 71.1 Å². The zero-order valence-corrected chi connectivity index (χ0v) is 27.2. The average molecular weight is 775 g/mol. The van der Waals surface area contributed by atoms with Gasteiger partial charge in [0.2, 0.25) is 0 Å². The summed E-state index contributed by atoms with van der Waals surface area (Å²) in [5, 5.41) is 13.8. The van der Waals surface area contributed by atoms with Crippen LogP contribution in [0.1, 0.15) is 11.1 Å². The maximum Gasteiger partial charge on any atom is 2.00 e. The Morgan fingerprint density at radius 2 is 1.41 bits per heavy atom. The minimum Gasteiger partial charge on any atom is -0.503 e. The zero-order valence-electron chi connectivity index (χ0n) is 24.9. The third-order valence-electron chi connectivity index (χ3n) is 8.66. The van der Waals surface area contributed by atoms with Crippen LogP contribution in [0.2, 0.25) is 0 Å². The molecule has 46 heavy (non-hydrogen) atoms. The number of rotatable bonds is 4. The Kier molecular flexibility index (Phi) is 6.70. The molecule has 7 heteroatoms. The molecule has 6 nitrogen and oxygen atoms in total. The number of fused-ring (bicyclic) bond motifs is 9. The van der Waals surface area contributed by atoms with Gasteiger partial charge in [-0.3, -0.25) is 0 Å². The third-order valence-corrected chi connectivity index (χ3v) is 8.66. The van der Waals surface area contributed by atoms with Crippen molar-refractivity contribution in [2.45, 2.75) is 13.8 Å². The van der Waals surface area contributed by atoms with E-state index in [4.69, 9.17) is 9.72 Å². The molecule has 0 atom stereocenters. The summed E-state index contributed by atoms with van der Waals surface area (Å²) in [6.07, 6.45) is 3.56. The van der Waals surface area contributed by atoms with E-state index in [-0.39, 0.29) is 21.1 Å². The summed E-state index contributed by atoms with van der Waals surface area (Å²) in [7, 11) is 0. The topological polar surface area (TPSA) is 57.2 Å². The second-order valence-electron chi connectivity index (χ2n) is 11.4. The minimum absolute atomic E-state index is 0. The Morgan fingerprint density at radius 3 is 2.24 bits per heavy atom. The number of ether oxygens (including phenoxy) is 1. The maximum atomic E-state index is 6.44. The van der Waals surface area contributed by atoms with E-state index < -0.39 is 0 Å². The van der Waals surface area contributed by atoms with Crippen molar-refractivity contribution in [3.8, 4) is 28.4 Å². The first-order valence-electron chi connectivity index (χ1n) is 14.9. The largest absolute Gasteiger partial charge is 2.00 e. The van der Waals surface area contributed by atoms with E-state index in [2.05, 4.69) is 101 Å². The molecular weight excluding hydrogens is 750 g/mol. The van der Waals surface area contributed by atoms with Crippen LogP contribution in [-0.2, 0) is 21.1 Å². The first-order chi connectivity index (χ1) is 22.1. The van der Waals surface area contributed by atoms with Gasteiger partial charge in [0.1, 0.15) is 12.1 Å². The van der Waals surface area contributed by atoms with E-state index in [1.165, 1.54) is 22.3 Å². The molecule has 9 rings (SSSR count). The number of para-hydroxylation sites is 1. The Bertz CT molecular complexity index is 2580. The van der Waals surface area contributed by atoms with Gasteiger partial charge in [0.25, 0.3) is 0 Å². The zero-order chi connectivity index (χ0) is 30.1. The number of nitrogens with zero attached hydrogens (tertiary/aromatic N) is 5. The van der Waals surface area contributed by atoms with Gasteiger partial charge < -0.3 is 13.7 Å². The number of hydrogen-bond acceptors (Lipinski definition) is 4. The summed E-state index contributed by atoms with van der Waals surface area (Å²) in [6.45, 7) is 4.33. The van der Waals surface area contributed by atoms with Crippen LogP contribution in [0, 0.1) is 26.0 Å². The summed E-state index contributed by atoms with van der Waals surface area (Å²) in [5.41, 5.74) is 8.68. The van der Waals surface area contributed by atoms with Crippen molar-refractivity contribution in [2.75, 3.05) is 0 Å². The molecule has 0 fully saturated rings. The van der Waals surface area contributed by atoms with Gasteiger partial charge >= 0.3 is 21.1 Å². The summed E-state index contributed by atoms with van der Waals surface area (Å²) >= 11 is 0. The van der Waals surface area contributed by atoms with Gasteiger partial charge in [0, 0.05) is 28.7 Å². The molecule has 5 aromatic carbocycles. The molecule has 0 aliphatic rings. The van der Waals surface area contributed by atoms with Crippen LogP contribution in [0.4, 0.5) is 0 Å². The molecule has 0 N–H and O–H groups in total. The summed E-state index contributed by atoms with van der Waals surface area (Å²) in [5.74, 6) is 1.99. The Hall–Kier alpha value is -5.32. The Morgan fingerprint density at radius 1 is 0.674 bits per heavy atom. The van der Waals surface area contributed by atoms with Crippen LogP contribution in [0.3, 0.4) is 0 Å². The van der Waals surface area contributed by atoms with Crippen LogP contribution in [0.15, 0.2) is 116 Å². The first kappa shape index (κ1) is 28.2. The average Bonchev–Trinajstić information content (AvgIpc) is 3.69. The molecule has 0 radical (unpaired) electrons. The fraction of sp³-hybridized carbons (Fsp3) is 0.0513. The van der Waals surface area contributed by atoms with E-state index in [1.807, 2.05) is 53.1 Å². The van der Waals surface area contributed by atoms with Crippen molar-refractivity contribution in [1.82, 2.24) is 24.1 Å². The molecule has 0 saturated heterocycles. The fourth-order valence-corrected chi connectivity index (χ4v) is 6.68. The quantitative estimate of drug-likeness (QED) is 0.132. The van der Waals surface area contributed by atoms with E-state index in [0.717, 1.165) is 54.9 Å². The monoisotopic (exact) mass is 774 g/mol. The fourth-order valence-electron chi connectivity index (χ4n) is 6.68. The second-order valence-corrected chi connectivity index (χ2v) is 11.4. The molecule has 0 saturated carbocycles. The molecule has 0 spiro atoms. The Balaban J connectivity index is 0.00000312. The number of aromatic nitrogens is 5. The van der Waals surface area contributed by atoms with Crippen LogP contribution < -0.4 is 4.74 Å². The van der Waals surface area contributed by atoms with Crippen molar-refractivity contribution < 1.29 is 25.8 Å². The number of benzene rings is 5. The van der Waals surface area contributed by atoms with Crippen molar-refractivity contribution >= 4 is 49.1 Å². The normalized spacial score (nSPS) is 11.5.